The summed E-state index contributed by atoms with van der Waals surface area (Å²) in [7, 11) is 5.86. The van der Waals surface area contributed by atoms with Gasteiger partial charge >= 0.3 is 0 Å². The first-order valence-electron chi connectivity index (χ1n) is 11.8. The van der Waals surface area contributed by atoms with Crippen molar-refractivity contribution >= 4 is 5.91 Å². The maximum Gasteiger partial charge on any atom is 0.259 e. The Kier molecular flexibility index (Phi) is 9.21. The number of halogens is 1. The summed E-state index contributed by atoms with van der Waals surface area (Å²) >= 11 is 0. The Balaban J connectivity index is 1.88. The number of benzene rings is 1. The Labute approximate surface area is 207 Å². The highest BCUT2D eigenvalue weighted by Gasteiger charge is 2.34. The monoisotopic (exact) mass is 482 g/mol. The molecule has 188 valence electrons. The maximum absolute atomic E-state index is 13.5. The van der Waals surface area contributed by atoms with E-state index in [1.54, 1.807) is 29.3 Å². The first-order valence-corrected chi connectivity index (χ1v) is 11.8. The van der Waals surface area contributed by atoms with Crippen LogP contribution in [-0.4, -0.2) is 90.2 Å². The molecule has 0 unspecified atom stereocenters. The van der Waals surface area contributed by atoms with Crippen molar-refractivity contribution in [1.29, 1.82) is 0 Å². The summed E-state index contributed by atoms with van der Waals surface area (Å²) in [6.07, 6.45) is 1.37. The van der Waals surface area contributed by atoms with Crippen molar-refractivity contribution < 1.29 is 19.0 Å². The number of ether oxygens (including phenoxy) is 1. The number of aliphatic hydroxyl groups is 1. The molecule has 0 saturated heterocycles. The van der Waals surface area contributed by atoms with Gasteiger partial charge in [-0.25, -0.2) is 9.37 Å². The Morgan fingerprint density at radius 1 is 1.29 bits per heavy atom. The number of aromatic nitrogens is 1. The zero-order chi connectivity index (χ0) is 25.5. The van der Waals surface area contributed by atoms with E-state index in [9.17, 15) is 14.3 Å². The SMILES string of the molecule is C[C@@H]1CN([C@@H](C)CO)C(=O)c2cc(C#CCN(C)C)cnc2O[C@@H]1CN(C)Cc1ccc(F)cc1. The second kappa shape index (κ2) is 12.1. The van der Waals surface area contributed by atoms with E-state index < -0.39 is 0 Å². The van der Waals surface area contributed by atoms with E-state index in [1.165, 1.54) is 12.1 Å². The summed E-state index contributed by atoms with van der Waals surface area (Å²) in [6.45, 7) is 5.96. The highest BCUT2D eigenvalue weighted by molar-refractivity contribution is 5.97. The fraction of sp³-hybridized carbons (Fsp3) is 0.481. The molecule has 3 rings (SSSR count). The van der Waals surface area contributed by atoms with Crippen LogP contribution in [-0.2, 0) is 6.54 Å². The van der Waals surface area contributed by atoms with Crippen LogP contribution >= 0.6 is 0 Å². The van der Waals surface area contributed by atoms with Gasteiger partial charge in [0.2, 0.25) is 5.88 Å². The number of carbonyl (C=O) groups is 1. The second-order valence-corrected chi connectivity index (χ2v) is 9.56. The number of hydrogen-bond acceptors (Lipinski definition) is 6. The maximum atomic E-state index is 13.5. The molecule has 35 heavy (non-hydrogen) atoms. The first kappa shape index (κ1) is 26.6. The zero-order valence-corrected chi connectivity index (χ0v) is 21.2. The van der Waals surface area contributed by atoms with Crippen molar-refractivity contribution in [2.24, 2.45) is 5.92 Å². The molecule has 2 heterocycles. The van der Waals surface area contributed by atoms with Crippen molar-refractivity contribution in [3.63, 3.8) is 0 Å². The van der Waals surface area contributed by atoms with Gasteiger partial charge < -0.3 is 14.7 Å². The smallest absolute Gasteiger partial charge is 0.259 e. The first-order chi connectivity index (χ1) is 16.7. The lowest BCUT2D eigenvalue weighted by atomic mass is 9.99. The molecule has 0 fully saturated rings. The molecule has 1 aliphatic rings. The van der Waals surface area contributed by atoms with Gasteiger partial charge in [-0.1, -0.05) is 30.9 Å². The van der Waals surface area contributed by atoms with Crippen molar-refractivity contribution in [2.75, 3.05) is 47.4 Å². The van der Waals surface area contributed by atoms with Crippen LogP contribution in [0.15, 0.2) is 36.5 Å². The predicted octanol–water partition coefficient (Wildman–Crippen LogP) is 2.49. The number of nitrogens with zero attached hydrogens (tertiary/aromatic N) is 4. The van der Waals surface area contributed by atoms with Gasteiger partial charge in [0, 0.05) is 37.3 Å². The van der Waals surface area contributed by atoms with Crippen molar-refractivity contribution in [1.82, 2.24) is 19.7 Å². The van der Waals surface area contributed by atoms with Gasteiger partial charge in [0.25, 0.3) is 5.91 Å². The number of likely N-dealkylation sites (N-methyl/N-ethyl adjacent to an activating group) is 1. The van der Waals surface area contributed by atoms with Crippen molar-refractivity contribution in [3.05, 3.63) is 59.0 Å². The van der Waals surface area contributed by atoms with E-state index in [-0.39, 0.29) is 42.3 Å². The molecule has 7 nitrogen and oxygen atoms in total. The molecule has 1 aliphatic heterocycles. The fourth-order valence-electron chi connectivity index (χ4n) is 3.96. The quantitative estimate of drug-likeness (QED) is 0.612. The van der Waals surface area contributed by atoms with Crippen LogP contribution < -0.4 is 4.74 Å². The number of aliphatic hydroxyl groups excluding tert-OH is 1. The van der Waals surface area contributed by atoms with Gasteiger partial charge in [0.15, 0.2) is 0 Å². The molecule has 1 amide bonds. The summed E-state index contributed by atoms with van der Waals surface area (Å²) in [5.74, 6) is 5.90. The molecule has 0 saturated carbocycles. The van der Waals surface area contributed by atoms with Crippen LogP contribution in [0.3, 0.4) is 0 Å². The van der Waals surface area contributed by atoms with E-state index in [1.807, 2.05) is 39.9 Å². The molecule has 1 aromatic heterocycles. The van der Waals surface area contributed by atoms with E-state index in [0.29, 0.717) is 37.3 Å². The Bertz CT molecular complexity index is 1060. The summed E-state index contributed by atoms with van der Waals surface area (Å²) in [5.41, 5.74) is 1.98. The summed E-state index contributed by atoms with van der Waals surface area (Å²) in [5, 5.41) is 9.82. The van der Waals surface area contributed by atoms with Gasteiger partial charge in [-0.3, -0.25) is 14.6 Å². The molecular weight excluding hydrogens is 447 g/mol. The van der Waals surface area contributed by atoms with E-state index in [2.05, 4.69) is 21.7 Å². The summed E-state index contributed by atoms with van der Waals surface area (Å²) in [6, 6.07) is 7.83. The lowest BCUT2D eigenvalue weighted by molar-refractivity contribution is 0.0325. The van der Waals surface area contributed by atoms with Gasteiger partial charge in [-0.05, 0) is 51.8 Å². The number of pyridine rings is 1. The minimum Gasteiger partial charge on any atom is -0.472 e. The third kappa shape index (κ3) is 7.25. The zero-order valence-electron chi connectivity index (χ0n) is 21.2. The lowest BCUT2D eigenvalue weighted by Gasteiger charge is -2.37. The molecule has 1 aromatic carbocycles. The number of carbonyl (C=O) groups excluding carboxylic acids is 1. The molecule has 2 aromatic rings. The second-order valence-electron chi connectivity index (χ2n) is 9.56. The molecule has 0 spiro atoms. The minimum absolute atomic E-state index is 0.0156. The van der Waals surface area contributed by atoms with Gasteiger partial charge in [0.1, 0.15) is 17.5 Å². The molecule has 0 bridgehead atoms. The molecule has 0 aliphatic carbocycles. The van der Waals surface area contributed by atoms with Crippen LogP contribution in [0.1, 0.15) is 35.3 Å². The summed E-state index contributed by atoms with van der Waals surface area (Å²) < 4.78 is 19.6. The van der Waals surface area contributed by atoms with Gasteiger partial charge in [-0.15, -0.1) is 0 Å². The third-order valence-corrected chi connectivity index (χ3v) is 6.01. The number of hydrogen-bond donors (Lipinski definition) is 1. The molecular formula is C27H35FN4O3. The van der Waals surface area contributed by atoms with Crippen LogP contribution in [0.4, 0.5) is 4.39 Å². The van der Waals surface area contributed by atoms with Crippen LogP contribution in [0.25, 0.3) is 0 Å². The van der Waals surface area contributed by atoms with Crippen molar-refractivity contribution in [2.45, 2.75) is 32.5 Å². The largest absolute Gasteiger partial charge is 0.472 e. The molecule has 0 radical (unpaired) electrons. The third-order valence-electron chi connectivity index (χ3n) is 6.01. The average molecular weight is 483 g/mol. The van der Waals surface area contributed by atoms with Gasteiger partial charge in [-0.2, -0.15) is 0 Å². The topological polar surface area (TPSA) is 69.1 Å². The van der Waals surface area contributed by atoms with Gasteiger partial charge in [0.05, 0.1) is 19.2 Å². The highest BCUT2D eigenvalue weighted by Crippen LogP contribution is 2.27. The molecule has 8 heteroatoms. The highest BCUT2D eigenvalue weighted by atomic mass is 19.1. The molecule has 1 N–H and O–H groups in total. The minimum atomic E-state index is -0.350. The van der Waals surface area contributed by atoms with E-state index in [4.69, 9.17) is 4.74 Å². The van der Waals surface area contributed by atoms with Crippen molar-refractivity contribution in [3.8, 4) is 17.7 Å². The predicted molar refractivity (Wildman–Crippen MR) is 134 cm³/mol. The number of fused-ring (bicyclic) bond motifs is 1. The van der Waals surface area contributed by atoms with Crippen LogP contribution in [0.5, 0.6) is 5.88 Å². The van der Waals surface area contributed by atoms with E-state index >= 15 is 0 Å². The number of rotatable bonds is 7. The Morgan fingerprint density at radius 2 is 2.00 bits per heavy atom. The Morgan fingerprint density at radius 3 is 2.66 bits per heavy atom. The Hall–Kier alpha value is -2.99. The lowest BCUT2D eigenvalue weighted by Crippen LogP contribution is -2.49. The van der Waals surface area contributed by atoms with E-state index in [0.717, 1.165) is 5.56 Å². The van der Waals surface area contributed by atoms with Crippen LogP contribution in [0.2, 0.25) is 0 Å². The molecule has 3 atom stereocenters. The number of amides is 1. The standard InChI is InChI=1S/C27H35FN4O3/c1-19-15-32(20(2)18-33)27(34)24-13-22(7-6-12-30(3)4)14-29-26(24)35-25(19)17-31(5)16-21-8-10-23(28)11-9-21/h8-11,13-14,19-20,25,33H,12,15-18H2,1-5H3/t19-,20+,25-/m1/s1. The normalized spacial score (nSPS) is 18.9. The summed E-state index contributed by atoms with van der Waals surface area (Å²) in [4.78, 5) is 23.7. The van der Waals surface area contributed by atoms with Crippen LogP contribution in [0, 0.1) is 23.6 Å². The fourth-order valence-corrected chi connectivity index (χ4v) is 3.96. The average Bonchev–Trinajstić information content (AvgIpc) is 2.82.